The topological polar surface area (TPSA) is 50.7 Å². The normalized spacial score (nSPS) is 15.4. The molecule has 2 aromatic rings. The zero-order valence-corrected chi connectivity index (χ0v) is 11.8. The average Bonchev–Trinajstić information content (AvgIpc) is 3.02. The lowest BCUT2D eigenvalue weighted by atomic mass is 10.0. The first kappa shape index (κ1) is 13.0. The predicted molar refractivity (Wildman–Crippen MR) is 79.8 cm³/mol. The third-order valence-corrected chi connectivity index (χ3v) is 3.93. The molecule has 104 valence electrons. The molecule has 0 unspecified atom stereocenters. The molecule has 1 N–H and O–H groups in total. The van der Waals surface area contributed by atoms with E-state index in [1.54, 1.807) is 0 Å². The van der Waals surface area contributed by atoms with Crippen molar-refractivity contribution >= 4 is 5.82 Å². The van der Waals surface area contributed by atoms with Crippen LogP contribution < -0.4 is 5.32 Å². The highest BCUT2D eigenvalue weighted by molar-refractivity contribution is 5.37. The van der Waals surface area contributed by atoms with Gasteiger partial charge >= 0.3 is 0 Å². The van der Waals surface area contributed by atoms with Crippen molar-refractivity contribution < 1.29 is 0 Å². The Balaban J connectivity index is 1.87. The molecule has 1 saturated carbocycles. The van der Waals surface area contributed by atoms with Gasteiger partial charge in [-0.05, 0) is 30.5 Å². The van der Waals surface area contributed by atoms with Crippen molar-refractivity contribution in [3.63, 3.8) is 0 Å². The minimum atomic E-state index is 0.612. The van der Waals surface area contributed by atoms with E-state index in [9.17, 15) is 0 Å². The summed E-state index contributed by atoms with van der Waals surface area (Å²) < 4.78 is 0. The van der Waals surface area contributed by atoms with Crippen LogP contribution in [-0.2, 0) is 6.42 Å². The van der Waals surface area contributed by atoms with Gasteiger partial charge in [-0.25, -0.2) is 9.97 Å². The molecule has 0 aliphatic heterocycles. The Bertz CT molecular complexity index is 562. The van der Waals surface area contributed by atoms with E-state index >= 15 is 0 Å². The molecule has 0 bridgehead atoms. The van der Waals surface area contributed by atoms with Crippen LogP contribution in [0.5, 0.6) is 0 Å². The largest absolute Gasteiger partial charge is 0.373 e. The molecule has 4 nitrogen and oxygen atoms in total. The maximum Gasteiger partial charge on any atom is 0.135 e. The quantitative estimate of drug-likeness (QED) is 0.925. The third kappa shape index (κ3) is 2.95. The Morgan fingerprint density at radius 3 is 2.60 bits per heavy atom. The fraction of sp³-hybridized carbons (Fsp3) is 0.438. The van der Waals surface area contributed by atoms with Gasteiger partial charge in [0.15, 0.2) is 0 Å². The summed E-state index contributed by atoms with van der Waals surface area (Å²) in [7, 11) is 1.91. The van der Waals surface area contributed by atoms with Crippen LogP contribution in [0.3, 0.4) is 0 Å². The first-order valence-electron chi connectivity index (χ1n) is 7.29. The molecular weight excluding hydrogens is 248 g/mol. The molecule has 4 heteroatoms. The van der Waals surface area contributed by atoms with Crippen molar-refractivity contribution in [2.75, 3.05) is 12.4 Å². The lowest BCUT2D eigenvalue weighted by Gasteiger charge is -2.12. The second-order valence-electron chi connectivity index (χ2n) is 5.36. The first-order valence-corrected chi connectivity index (χ1v) is 7.29. The van der Waals surface area contributed by atoms with Gasteiger partial charge in [-0.2, -0.15) is 0 Å². The van der Waals surface area contributed by atoms with Crippen molar-refractivity contribution in [3.05, 3.63) is 47.7 Å². The summed E-state index contributed by atoms with van der Waals surface area (Å²) in [5, 5.41) is 3.15. The molecule has 3 rings (SSSR count). The summed E-state index contributed by atoms with van der Waals surface area (Å²) >= 11 is 0. The molecule has 0 radical (unpaired) electrons. The van der Waals surface area contributed by atoms with Crippen molar-refractivity contribution in [1.82, 2.24) is 15.0 Å². The van der Waals surface area contributed by atoms with Crippen LogP contribution in [0.25, 0.3) is 0 Å². The van der Waals surface area contributed by atoms with Gasteiger partial charge in [0.05, 0.1) is 0 Å². The molecule has 0 amide bonds. The molecule has 0 saturated heterocycles. The van der Waals surface area contributed by atoms with Crippen LogP contribution in [0.2, 0.25) is 0 Å². The number of aromatic nitrogens is 3. The fourth-order valence-electron chi connectivity index (χ4n) is 2.84. The van der Waals surface area contributed by atoms with Crippen molar-refractivity contribution in [2.45, 2.75) is 38.0 Å². The van der Waals surface area contributed by atoms with Gasteiger partial charge in [0.2, 0.25) is 0 Å². The Kier molecular flexibility index (Phi) is 3.90. The van der Waals surface area contributed by atoms with Gasteiger partial charge in [-0.3, -0.25) is 4.98 Å². The van der Waals surface area contributed by atoms with Crippen molar-refractivity contribution in [2.24, 2.45) is 0 Å². The van der Waals surface area contributed by atoms with Crippen molar-refractivity contribution in [1.29, 1.82) is 0 Å². The Morgan fingerprint density at radius 2 is 1.90 bits per heavy atom. The third-order valence-electron chi connectivity index (χ3n) is 3.93. The van der Waals surface area contributed by atoms with Crippen LogP contribution in [0.15, 0.2) is 30.6 Å². The van der Waals surface area contributed by atoms with Crippen LogP contribution in [0.1, 0.15) is 48.7 Å². The van der Waals surface area contributed by atoms with E-state index in [0.29, 0.717) is 5.92 Å². The lowest BCUT2D eigenvalue weighted by Crippen LogP contribution is -2.06. The van der Waals surface area contributed by atoms with Crippen molar-refractivity contribution in [3.8, 4) is 0 Å². The summed E-state index contributed by atoms with van der Waals surface area (Å²) in [6.45, 7) is 0. The van der Waals surface area contributed by atoms with E-state index in [2.05, 4.69) is 21.4 Å². The van der Waals surface area contributed by atoms with E-state index in [4.69, 9.17) is 4.98 Å². The Morgan fingerprint density at radius 1 is 1.15 bits per heavy atom. The van der Waals surface area contributed by atoms with Gasteiger partial charge in [0, 0.05) is 43.5 Å². The zero-order valence-electron chi connectivity index (χ0n) is 11.8. The molecule has 1 aliphatic carbocycles. The van der Waals surface area contributed by atoms with Crippen LogP contribution >= 0.6 is 0 Å². The lowest BCUT2D eigenvalue weighted by molar-refractivity contribution is 0.686. The highest BCUT2D eigenvalue weighted by atomic mass is 15.0. The molecule has 2 aromatic heterocycles. The Hall–Kier alpha value is -1.97. The molecule has 20 heavy (non-hydrogen) atoms. The summed E-state index contributed by atoms with van der Waals surface area (Å²) in [6.07, 6.45) is 9.55. The molecule has 1 aliphatic rings. The standard InChI is InChI=1S/C16H20N4/c1-17-15-11-14(13-4-2-3-5-13)19-16(20-15)10-12-6-8-18-9-7-12/h6-9,11,13H,2-5,10H2,1H3,(H,17,19,20). The summed E-state index contributed by atoms with van der Waals surface area (Å²) in [5.41, 5.74) is 2.40. The minimum Gasteiger partial charge on any atom is -0.373 e. The molecule has 1 fully saturated rings. The highest BCUT2D eigenvalue weighted by Crippen LogP contribution is 2.33. The van der Waals surface area contributed by atoms with E-state index in [1.165, 1.54) is 36.9 Å². The average molecular weight is 268 g/mol. The molecule has 2 heterocycles. The molecule has 0 aromatic carbocycles. The van der Waals surface area contributed by atoms with E-state index in [-0.39, 0.29) is 0 Å². The van der Waals surface area contributed by atoms with E-state index < -0.39 is 0 Å². The van der Waals surface area contributed by atoms with Gasteiger partial charge < -0.3 is 5.32 Å². The number of hydrogen-bond acceptors (Lipinski definition) is 4. The molecule has 0 atom stereocenters. The highest BCUT2D eigenvalue weighted by Gasteiger charge is 2.19. The number of nitrogens with zero attached hydrogens (tertiary/aromatic N) is 3. The first-order chi connectivity index (χ1) is 9.85. The smallest absolute Gasteiger partial charge is 0.135 e. The maximum atomic E-state index is 4.79. The van der Waals surface area contributed by atoms with Crippen LogP contribution in [-0.4, -0.2) is 22.0 Å². The number of anilines is 1. The van der Waals surface area contributed by atoms with Gasteiger partial charge in [-0.15, -0.1) is 0 Å². The van der Waals surface area contributed by atoms with E-state index in [0.717, 1.165) is 18.1 Å². The SMILES string of the molecule is CNc1cc(C2CCCC2)nc(Cc2ccncc2)n1. The van der Waals surface area contributed by atoms with Crippen LogP contribution in [0, 0.1) is 0 Å². The molecule has 0 spiro atoms. The summed E-state index contributed by atoms with van der Waals surface area (Å²) in [6, 6.07) is 6.14. The van der Waals surface area contributed by atoms with Gasteiger partial charge in [0.1, 0.15) is 11.6 Å². The zero-order chi connectivity index (χ0) is 13.8. The summed E-state index contributed by atoms with van der Waals surface area (Å²) in [4.78, 5) is 13.4. The molecular formula is C16H20N4. The Labute approximate surface area is 119 Å². The number of nitrogens with one attached hydrogen (secondary N) is 1. The predicted octanol–water partition coefficient (Wildman–Crippen LogP) is 3.16. The minimum absolute atomic E-state index is 0.612. The van der Waals surface area contributed by atoms with E-state index in [1.807, 2.05) is 31.6 Å². The maximum absolute atomic E-state index is 4.79. The monoisotopic (exact) mass is 268 g/mol. The van der Waals surface area contributed by atoms with Gasteiger partial charge in [-0.1, -0.05) is 12.8 Å². The second kappa shape index (κ2) is 5.99. The number of pyridine rings is 1. The fourth-order valence-corrected chi connectivity index (χ4v) is 2.84. The summed E-state index contributed by atoms with van der Waals surface area (Å²) in [5.74, 6) is 2.43. The number of hydrogen-bond donors (Lipinski definition) is 1. The second-order valence-corrected chi connectivity index (χ2v) is 5.36. The van der Waals surface area contributed by atoms with Gasteiger partial charge in [0.25, 0.3) is 0 Å². The number of rotatable bonds is 4. The van der Waals surface area contributed by atoms with Crippen LogP contribution in [0.4, 0.5) is 5.82 Å².